The molecule has 2 aliphatic rings. The quantitative estimate of drug-likeness (QED) is 0.344. The van der Waals surface area contributed by atoms with Gasteiger partial charge < -0.3 is 24.8 Å². The first-order valence-electron chi connectivity index (χ1n) is 12.0. The zero-order chi connectivity index (χ0) is 25.8. The summed E-state index contributed by atoms with van der Waals surface area (Å²) in [6.07, 6.45) is 4.34. The summed E-state index contributed by atoms with van der Waals surface area (Å²) in [6.45, 7) is 1.18. The highest BCUT2D eigenvalue weighted by molar-refractivity contribution is 7.91. The fourth-order valence-corrected chi connectivity index (χ4v) is 6.15. The number of hydrogen-bond acceptors (Lipinski definition) is 10. The van der Waals surface area contributed by atoms with E-state index in [4.69, 9.17) is 25.8 Å². The number of benzene rings is 1. The van der Waals surface area contributed by atoms with Crippen molar-refractivity contribution in [1.29, 1.82) is 0 Å². The molecule has 0 bridgehead atoms. The molecule has 2 fully saturated rings. The van der Waals surface area contributed by atoms with Crippen LogP contribution >= 0.6 is 11.6 Å². The van der Waals surface area contributed by atoms with Gasteiger partial charge in [0.2, 0.25) is 5.95 Å². The number of aromatic nitrogens is 4. The van der Waals surface area contributed by atoms with Crippen molar-refractivity contribution in [3.63, 3.8) is 0 Å². The van der Waals surface area contributed by atoms with Crippen LogP contribution < -0.4 is 10.6 Å². The Kier molecular flexibility index (Phi) is 7.91. The molecule has 0 spiro atoms. The molecule has 0 amide bonds. The monoisotopic (exact) mass is 548 g/mol. The van der Waals surface area contributed by atoms with Crippen LogP contribution in [0, 0.1) is 5.92 Å². The molecule has 37 heavy (non-hydrogen) atoms. The molecule has 0 aliphatic carbocycles. The van der Waals surface area contributed by atoms with E-state index in [1.54, 1.807) is 17.1 Å². The summed E-state index contributed by atoms with van der Waals surface area (Å²) in [4.78, 5) is 8.69. The van der Waals surface area contributed by atoms with Crippen molar-refractivity contribution in [3.8, 4) is 0 Å². The number of aryl methyl sites for hydroxylation is 1. The molecule has 5 rings (SSSR count). The minimum absolute atomic E-state index is 0.0109. The van der Waals surface area contributed by atoms with Gasteiger partial charge in [-0.25, -0.2) is 13.4 Å². The molecule has 11 nitrogen and oxygen atoms in total. The highest BCUT2D eigenvalue weighted by atomic mass is 35.5. The molecule has 198 valence electrons. The summed E-state index contributed by atoms with van der Waals surface area (Å²) in [7, 11) is -1.52. The highest BCUT2D eigenvalue weighted by Gasteiger charge is 2.49. The molecular weight excluding hydrogens is 520 g/mol. The molecule has 4 atom stereocenters. The topological polar surface area (TPSA) is 129 Å². The van der Waals surface area contributed by atoms with Crippen LogP contribution in [0.2, 0.25) is 5.02 Å². The van der Waals surface area contributed by atoms with Gasteiger partial charge in [-0.2, -0.15) is 10.1 Å². The van der Waals surface area contributed by atoms with Gasteiger partial charge in [0.25, 0.3) is 0 Å². The standard InChI is InChI=1S/C24H29ClN6O5S/c1-31-11-18(9-27-31)28-24-26-10-19(25)23(30-24)29-20-14-36-21-17(13-35-22(20)21)15-37(32,33)8-7-34-12-16-5-3-2-4-6-16/h2-6,9-11,17,20-22H,7-8,12-15H2,1H3,(H2,26,28,29,30)/t17-,20-,21?,22?/m1/s1. The van der Waals surface area contributed by atoms with E-state index in [0.717, 1.165) is 11.3 Å². The molecule has 13 heteroatoms. The molecule has 2 saturated heterocycles. The van der Waals surface area contributed by atoms with Gasteiger partial charge >= 0.3 is 0 Å². The van der Waals surface area contributed by atoms with Gasteiger partial charge in [0, 0.05) is 19.2 Å². The molecule has 2 N–H and O–H groups in total. The summed E-state index contributed by atoms with van der Waals surface area (Å²) in [5.41, 5.74) is 1.75. The maximum Gasteiger partial charge on any atom is 0.229 e. The van der Waals surface area contributed by atoms with Gasteiger partial charge in [-0.3, -0.25) is 4.68 Å². The van der Waals surface area contributed by atoms with E-state index in [2.05, 4.69) is 25.7 Å². The Labute approximate surface area is 220 Å². The lowest BCUT2D eigenvalue weighted by Crippen LogP contribution is -2.36. The highest BCUT2D eigenvalue weighted by Crippen LogP contribution is 2.34. The first-order chi connectivity index (χ1) is 17.9. The lowest BCUT2D eigenvalue weighted by Gasteiger charge is -2.19. The molecule has 3 aromatic rings. The normalized spacial score (nSPS) is 23.2. The Balaban J connectivity index is 1.13. The molecule has 1 aromatic carbocycles. The Morgan fingerprint density at radius 1 is 1.16 bits per heavy atom. The van der Waals surface area contributed by atoms with Gasteiger partial charge in [-0.05, 0) is 5.56 Å². The Morgan fingerprint density at radius 2 is 1.97 bits per heavy atom. The van der Waals surface area contributed by atoms with Crippen LogP contribution in [-0.4, -0.2) is 77.7 Å². The van der Waals surface area contributed by atoms with Crippen molar-refractivity contribution in [2.24, 2.45) is 13.0 Å². The predicted octanol–water partition coefficient (Wildman–Crippen LogP) is 2.43. The third kappa shape index (κ3) is 6.57. The number of nitrogens with zero attached hydrogens (tertiary/aromatic N) is 4. The van der Waals surface area contributed by atoms with Crippen LogP contribution in [0.3, 0.4) is 0 Å². The SMILES string of the molecule is Cn1cc(Nc2ncc(Cl)c(N[C@@H]3COC4C3OC[C@@H]4CS(=O)(=O)CCOCc3ccccc3)n2)cn1. The minimum atomic E-state index is -3.34. The van der Waals surface area contributed by atoms with Crippen molar-refractivity contribution in [1.82, 2.24) is 19.7 Å². The Hall–Kier alpha value is -2.77. The molecule has 2 aliphatic heterocycles. The van der Waals surface area contributed by atoms with Crippen molar-refractivity contribution in [2.45, 2.75) is 24.9 Å². The van der Waals surface area contributed by atoms with Gasteiger partial charge in [-0.1, -0.05) is 41.9 Å². The number of rotatable bonds is 11. The second-order valence-electron chi connectivity index (χ2n) is 9.18. The molecule has 0 radical (unpaired) electrons. The Bertz CT molecular complexity index is 1310. The molecule has 0 saturated carbocycles. The molecule has 2 unspecified atom stereocenters. The summed E-state index contributed by atoms with van der Waals surface area (Å²) < 4.78 is 44.7. The third-order valence-electron chi connectivity index (χ3n) is 6.30. The number of fused-ring (bicyclic) bond motifs is 1. The maximum absolute atomic E-state index is 12.7. The van der Waals surface area contributed by atoms with Gasteiger partial charge in [0.1, 0.15) is 11.1 Å². The average Bonchev–Trinajstić information content (AvgIpc) is 3.58. The summed E-state index contributed by atoms with van der Waals surface area (Å²) in [5.74, 6) is 0.495. The predicted molar refractivity (Wildman–Crippen MR) is 139 cm³/mol. The van der Waals surface area contributed by atoms with Crippen molar-refractivity contribution >= 4 is 38.9 Å². The lowest BCUT2D eigenvalue weighted by atomic mass is 10.0. The lowest BCUT2D eigenvalue weighted by molar-refractivity contribution is 0.0656. The van der Waals surface area contributed by atoms with E-state index in [1.807, 2.05) is 37.4 Å². The number of halogens is 1. The van der Waals surface area contributed by atoms with E-state index in [-0.39, 0.29) is 42.3 Å². The number of anilines is 3. The van der Waals surface area contributed by atoms with Gasteiger partial charge in [-0.15, -0.1) is 0 Å². The van der Waals surface area contributed by atoms with E-state index in [0.29, 0.717) is 36.6 Å². The zero-order valence-corrected chi connectivity index (χ0v) is 21.9. The number of ether oxygens (including phenoxy) is 3. The second-order valence-corrected chi connectivity index (χ2v) is 11.8. The fourth-order valence-electron chi connectivity index (χ4n) is 4.52. The molecular formula is C24H29ClN6O5S. The van der Waals surface area contributed by atoms with Crippen molar-refractivity contribution in [3.05, 3.63) is 59.5 Å². The molecule has 4 heterocycles. The largest absolute Gasteiger partial charge is 0.376 e. The van der Waals surface area contributed by atoms with E-state index < -0.39 is 9.84 Å². The van der Waals surface area contributed by atoms with E-state index in [9.17, 15) is 8.42 Å². The van der Waals surface area contributed by atoms with Crippen LogP contribution in [0.15, 0.2) is 48.9 Å². The van der Waals surface area contributed by atoms with E-state index >= 15 is 0 Å². The number of sulfone groups is 1. The van der Waals surface area contributed by atoms with Crippen molar-refractivity contribution in [2.75, 3.05) is 42.0 Å². The van der Waals surface area contributed by atoms with Crippen LogP contribution in [-0.2, 0) is 37.7 Å². The van der Waals surface area contributed by atoms with Crippen LogP contribution in [0.5, 0.6) is 0 Å². The van der Waals surface area contributed by atoms with E-state index in [1.165, 1.54) is 6.20 Å². The second kappa shape index (κ2) is 11.3. The number of nitrogens with one attached hydrogen (secondary N) is 2. The van der Waals surface area contributed by atoms with Crippen LogP contribution in [0.1, 0.15) is 5.56 Å². The fraction of sp³-hybridized carbons (Fsp3) is 0.458. The van der Waals surface area contributed by atoms with Gasteiger partial charge in [0.15, 0.2) is 15.7 Å². The van der Waals surface area contributed by atoms with Crippen LogP contribution in [0.25, 0.3) is 0 Å². The number of hydrogen-bond donors (Lipinski definition) is 2. The smallest absolute Gasteiger partial charge is 0.229 e. The third-order valence-corrected chi connectivity index (χ3v) is 8.30. The first kappa shape index (κ1) is 25.9. The summed E-state index contributed by atoms with van der Waals surface area (Å²) >= 11 is 6.34. The van der Waals surface area contributed by atoms with Gasteiger partial charge in [0.05, 0.1) is 68.2 Å². The first-order valence-corrected chi connectivity index (χ1v) is 14.2. The van der Waals surface area contributed by atoms with Crippen LogP contribution in [0.4, 0.5) is 17.5 Å². The summed E-state index contributed by atoms with van der Waals surface area (Å²) in [5, 5.41) is 10.8. The minimum Gasteiger partial charge on any atom is -0.376 e. The average molecular weight is 549 g/mol. The summed E-state index contributed by atoms with van der Waals surface area (Å²) in [6, 6.07) is 9.43. The zero-order valence-electron chi connectivity index (χ0n) is 20.3. The van der Waals surface area contributed by atoms with Crippen molar-refractivity contribution < 1.29 is 22.6 Å². The molecule has 2 aromatic heterocycles. The Morgan fingerprint density at radius 3 is 2.76 bits per heavy atom. The maximum atomic E-state index is 12.7.